The third kappa shape index (κ3) is 3.61. The molecule has 2 aliphatic rings. The van der Waals surface area contributed by atoms with Crippen LogP contribution in [0.25, 0.3) is 0 Å². The van der Waals surface area contributed by atoms with E-state index in [0.717, 1.165) is 56.1 Å². The number of anilines is 1. The summed E-state index contributed by atoms with van der Waals surface area (Å²) in [5.74, 6) is 1.07. The molecule has 0 aliphatic carbocycles. The lowest BCUT2D eigenvalue weighted by Crippen LogP contribution is -2.58. The summed E-state index contributed by atoms with van der Waals surface area (Å²) in [7, 11) is 0. The quantitative estimate of drug-likeness (QED) is 0.865. The van der Waals surface area contributed by atoms with E-state index in [9.17, 15) is 0 Å². The maximum Gasteiger partial charge on any atom is 0.128 e. The van der Waals surface area contributed by atoms with Crippen molar-refractivity contribution in [2.45, 2.75) is 44.2 Å². The number of para-hydroxylation sites is 2. The van der Waals surface area contributed by atoms with E-state index >= 15 is 0 Å². The van der Waals surface area contributed by atoms with Crippen molar-refractivity contribution >= 4 is 17.2 Å². The minimum absolute atomic E-state index is 0.131. The zero-order valence-electron chi connectivity index (χ0n) is 15.4. The Kier molecular flexibility index (Phi) is 4.93. The molecule has 0 amide bonds. The van der Waals surface area contributed by atoms with Gasteiger partial charge in [-0.2, -0.15) is 0 Å². The second-order valence-corrected chi connectivity index (χ2v) is 7.37. The van der Waals surface area contributed by atoms with E-state index < -0.39 is 0 Å². The Labute approximate surface area is 155 Å². The highest BCUT2D eigenvalue weighted by Crippen LogP contribution is 2.37. The van der Waals surface area contributed by atoms with Gasteiger partial charge in [0.05, 0.1) is 16.9 Å². The van der Waals surface area contributed by atoms with Gasteiger partial charge in [0.15, 0.2) is 0 Å². The van der Waals surface area contributed by atoms with Crippen LogP contribution in [0.5, 0.6) is 0 Å². The molecule has 4 heteroatoms. The molecule has 136 valence electrons. The van der Waals surface area contributed by atoms with E-state index in [1.54, 1.807) is 0 Å². The predicted molar refractivity (Wildman–Crippen MR) is 107 cm³/mol. The Balaban J connectivity index is 1.51. The van der Waals surface area contributed by atoms with Gasteiger partial charge in [-0.3, -0.25) is 0 Å². The monoisotopic (exact) mass is 349 g/mol. The molecule has 2 heterocycles. The third-order valence-corrected chi connectivity index (χ3v) is 5.40. The summed E-state index contributed by atoms with van der Waals surface area (Å²) in [6.07, 6.45) is 4.04. The van der Waals surface area contributed by atoms with E-state index in [4.69, 9.17) is 9.73 Å². The van der Waals surface area contributed by atoms with Crippen LogP contribution in [0.1, 0.15) is 31.7 Å². The number of aliphatic imine (C=N–C) groups is 1. The second-order valence-electron chi connectivity index (χ2n) is 7.37. The summed E-state index contributed by atoms with van der Waals surface area (Å²) in [6, 6.07) is 19.3. The van der Waals surface area contributed by atoms with E-state index in [-0.39, 0.29) is 5.54 Å². The highest BCUT2D eigenvalue weighted by Gasteiger charge is 2.41. The standard InChI is InChI=1S/C22H27N3O/c1-17(11-12-18-7-3-2-4-8-18)23-21-22(13-15-26-16-14-22)25-20-10-6-5-9-19(20)24-21/h2-10,17,25H,11-16H2,1H3,(H,23,24). The molecule has 2 aromatic carbocycles. The Bertz CT molecular complexity index is 766. The van der Waals surface area contributed by atoms with Gasteiger partial charge in [-0.25, -0.2) is 4.99 Å². The molecule has 2 N–H and O–H groups in total. The number of ether oxygens (including phenoxy) is 1. The Morgan fingerprint density at radius 2 is 1.81 bits per heavy atom. The lowest BCUT2D eigenvalue weighted by atomic mass is 9.86. The number of hydrogen-bond acceptors (Lipinski definition) is 4. The Hall–Kier alpha value is -2.33. The molecule has 2 aromatic rings. The molecule has 26 heavy (non-hydrogen) atoms. The van der Waals surface area contributed by atoms with Gasteiger partial charge in [0, 0.05) is 32.1 Å². The SMILES string of the molecule is CC(CCc1ccccc1)NC1=Nc2ccccc2NC12CCOCC2. The normalized spacial score (nSPS) is 19.2. The number of hydrogen-bond donors (Lipinski definition) is 2. The van der Waals surface area contributed by atoms with Crippen LogP contribution in [0.2, 0.25) is 0 Å². The second kappa shape index (κ2) is 7.50. The Morgan fingerprint density at radius 3 is 2.62 bits per heavy atom. The van der Waals surface area contributed by atoms with Crippen LogP contribution < -0.4 is 10.6 Å². The number of nitrogens with one attached hydrogen (secondary N) is 2. The van der Waals surface area contributed by atoms with Crippen molar-refractivity contribution in [3.8, 4) is 0 Å². The lowest BCUT2D eigenvalue weighted by molar-refractivity contribution is 0.0769. The first-order chi connectivity index (χ1) is 12.8. The molecule has 1 unspecified atom stereocenters. The molecule has 1 spiro atoms. The predicted octanol–water partition coefficient (Wildman–Crippen LogP) is 4.30. The highest BCUT2D eigenvalue weighted by atomic mass is 16.5. The molecular formula is C22H27N3O. The first kappa shape index (κ1) is 17.1. The zero-order valence-corrected chi connectivity index (χ0v) is 15.4. The van der Waals surface area contributed by atoms with Crippen LogP contribution in [0, 0.1) is 0 Å². The van der Waals surface area contributed by atoms with Crippen molar-refractivity contribution in [1.82, 2.24) is 5.32 Å². The molecule has 4 nitrogen and oxygen atoms in total. The first-order valence-corrected chi connectivity index (χ1v) is 9.60. The van der Waals surface area contributed by atoms with Crippen molar-refractivity contribution < 1.29 is 4.74 Å². The lowest BCUT2D eigenvalue weighted by Gasteiger charge is -2.43. The van der Waals surface area contributed by atoms with Crippen LogP contribution in [0.3, 0.4) is 0 Å². The maximum absolute atomic E-state index is 5.62. The zero-order chi connectivity index (χ0) is 17.8. The average Bonchev–Trinajstić information content (AvgIpc) is 2.68. The molecule has 4 rings (SSSR count). The fourth-order valence-electron chi connectivity index (χ4n) is 3.81. The highest BCUT2D eigenvalue weighted by molar-refractivity contribution is 6.00. The van der Waals surface area contributed by atoms with Gasteiger partial charge in [0.1, 0.15) is 5.84 Å². The fraction of sp³-hybridized carbons (Fsp3) is 0.409. The van der Waals surface area contributed by atoms with Crippen LogP contribution in [-0.2, 0) is 11.2 Å². The van der Waals surface area contributed by atoms with Crippen LogP contribution in [0.15, 0.2) is 59.6 Å². The first-order valence-electron chi connectivity index (χ1n) is 9.60. The average molecular weight is 349 g/mol. The summed E-state index contributed by atoms with van der Waals surface area (Å²) < 4.78 is 5.62. The van der Waals surface area contributed by atoms with Gasteiger partial charge in [0.25, 0.3) is 0 Å². The van der Waals surface area contributed by atoms with E-state index in [1.165, 1.54) is 5.56 Å². The molecule has 1 atom stereocenters. The number of nitrogens with zero attached hydrogens (tertiary/aromatic N) is 1. The number of benzene rings is 2. The summed E-state index contributed by atoms with van der Waals surface area (Å²) in [6.45, 7) is 3.79. The molecule has 1 saturated heterocycles. The minimum Gasteiger partial charge on any atom is -0.381 e. The topological polar surface area (TPSA) is 45.7 Å². The molecule has 0 aromatic heterocycles. The largest absolute Gasteiger partial charge is 0.381 e. The molecule has 0 saturated carbocycles. The number of aryl methyl sites for hydroxylation is 1. The summed E-state index contributed by atoms with van der Waals surface area (Å²) >= 11 is 0. The van der Waals surface area contributed by atoms with Gasteiger partial charge >= 0.3 is 0 Å². The summed E-state index contributed by atoms with van der Waals surface area (Å²) in [5.41, 5.74) is 3.39. The van der Waals surface area contributed by atoms with Crippen molar-refractivity contribution in [1.29, 1.82) is 0 Å². The van der Waals surface area contributed by atoms with Crippen molar-refractivity contribution in [2.75, 3.05) is 18.5 Å². The molecule has 0 radical (unpaired) electrons. The van der Waals surface area contributed by atoms with E-state index in [0.29, 0.717) is 6.04 Å². The van der Waals surface area contributed by atoms with E-state index in [2.05, 4.69) is 66.1 Å². The van der Waals surface area contributed by atoms with Gasteiger partial charge < -0.3 is 15.4 Å². The summed E-state index contributed by atoms with van der Waals surface area (Å²) in [5, 5.41) is 7.49. The van der Waals surface area contributed by atoms with Crippen molar-refractivity contribution in [3.63, 3.8) is 0 Å². The molecule has 2 aliphatic heterocycles. The maximum atomic E-state index is 5.62. The Morgan fingerprint density at radius 1 is 1.08 bits per heavy atom. The summed E-state index contributed by atoms with van der Waals surface area (Å²) in [4.78, 5) is 5.00. The third-order valence-electron chi connectivity index (χ3n) is 5.40. The van der Waals surface area contributed by atoms with Crippen molar-refractivity contribution in [2.24, 2.45) is 4.99 Å². The number of fused-ring (bicyclic) bond motifs is 1. The van der Waals surface area contributed by atoms with E-state index in [1.807, 2.05) is 6.07 Å². The van der Waals surface area contributed by atoms with Gasteiger partial charge in [0.2, 0.25) is 0 Å². The van der Waals surface area contributed by atoms with Crippen LogP contribution in [-0.4, -0.2) is 30.6 Å². The van der Waals surface area contributed by atoms with Crippen LogP contribution >= 0.6 is 0 Å². The van der Waals surface area contributed by atoms with Crippen LogP contribution in [0.4, 0.5) is 11.4 Å². The number of rotatable bonds is 4. The van der Waals surface area contributed by atoms with Crippen molar-refractivity contribution in [3.05, 3.63) is 60.2 Å². The molecule has 1 fully saturated rings. The molecular weight excluding hydrogens is 322 g/mol. The minimum atomic E-state index is -0.131. The smallest absolute Gasteiger partial charge is 0.128 e. The van der Waals surface area contributed by atoms with Gasteiger partial charge in [-0.15, -0.1) is 0 Å². The molecule has 0 bridgehead atoms. The van der Waals surface area contributed by atoms with Gasteiger partial charge in [-0.05, 0) is 37.5 Å². The van der Waals surface area contributed by atoms with Gasteiger partial charge in [-0.1, -0.05) is 42.5 Å². The number of amidine groups is 1. The fourth-order valence-corrected chi connectivity index (χ4v) is 3.81.